The van der Waals surface area contributed by atoms with Crippen molar-refractivity contribution < 1.29 is 4.74 Å². The summed E-state index contributed by atoms with van der Waals surface area (Å²) in [4.78, 5) is 3.24. The summed E-state index contributed by atoms with van der Waals surface area (Å²) in [6, 6.07) is 11.9. The molecule has 0 radical (unpaired) electrons. The Morgan fingerprint density at radius 2 is 1.94 bits per heavy atom. The number of rotatable bonds is 5. The van der Waals surface area contributed by atoms with Crippen molar-refractivity contribution in [1.82, 2.24) is 4.98 Å². The third-order valence-electron chi connectivity index (χ3n) is 2.60. The van der Waals surface area contributed by atoms with Gasteiger partial charge in [0.1, 0.15) is 5.75 Å². The minimum Gasteiger partial charge on any atom is -0.495 e. The molecule has 0 bridgehead atoms. The van der Waals surface area contributed by atoms with E-state index in [0.29, 0.717) is 6.54 Å². The SMILES string of the molecule is COc1ccccc1NCc1ccc(CN)[nH]1. The molecule has 4 N–H and O–H groups in total. The summed E-state index contributed by atoms with van der Waals surface area (Å²) in [7, 11) is 1.67. The predicted octanol–water partition coefficient (Wildman–Crippen LogP) is 2.09. The molecule has 0 atom stereocenters. The van der Waals surface area contributed by atoms with Crippen LogP contribution in [-0.2, 0) is 13.1 Å². The second-order valence-corrected chi connectivity index (χ2v) is 3.77. The van der Waals surface area contributed by atoms with Crippen LogP contribution in [0.25, 0.3) is 0 Å². The van der Waals surface area contributed by atoms with E-state index in [0.717, 1.165) is 29.4 Å². The van der Waals surface area contributed by atoms with Gasteiger partial charge in [0.2, 0.25) is 0 Å². The molecule has 0 saturated carbocycles. The molecule has 1 heterocycles. The minimum absolute atomic E-state index is 0.536. The Kier molecular flexibility index (Phi) is 3.67. The summed E-state index contributed by atoms with van der Waals surface area (Å²) in [6.45, 7) is 1.26. The molecule has 2 aromatic rings. The number of H-pyrrole nitrogens is 1. The third kappa shape index (κ3) is 2.79. The van der Waals surface area contributed by atoms with Crippen LogP contribution in [0.2, 0.25) is 0 Å². The number of nitrogens with one attached hydrogen (secondary N) is 2. The summed E-state index contributed by atoms with van der Waals surface area (Å²) >= 11 is 0. The number of methoxy groups -OCH3 is 1. The smallest absolute Gasteiger partial charge is 0.141 e. The van der Waals surface area contributed by atoms with E-state index >= 15 is 0 Å². The summed E-state index contributed by atoms with van der Waals surface area (Å²) < 4.78 is 5.27. The monoisotopic (exact) mass is 231 g/mol. The number of hydrogen-bond acceptors (Lipinski definition) is 3. The number of aromatic amines is 1. The highest BCUT2D eigenvalue weighted by Gasteiger charge is 2.01. The molecular formula is C13H17N3O. The summed E-state index contributed by atoms with van der Waals surface area (Å²) in [5, 5.41) is 3.32. The predicted molar refractivity (Wildman–Crippen MR) is 69.0 cm³/mol. The van der Waals surface area contributed by atoms with Gasteiger partial charge in [-0.05, 0) is 24.3 Å². The summed E-state index contributed by atoms with van der Waals surface area (Å²) in [6.07, 6.45) is 0. The van der Waals surface area contributed by atoms with Crippen LogP contribution in [0.3, 0.4) is 0 Å². The van der Waals surface area contributed by atoms with Gasteiger partial charge in [0, 0.05) is 17.9 Å². The summed E-state index contributed by atoms with van der Waals surface area (Å²) in [5.41, 5.74) is 8.68. The van der Waals surface area contributed by atoms with Crippen molar-refractivity contribution in [2.45, 2.75) is 13.1 Å². The van der Waals surface area contributed by atoms with Crippen LogP contribution in [0.15, 0.2) is 36.4 Å². The molecule has 0 unspecified atom stereocenters. The first kappa shape index (κ1) is 11.5. The van der Waals surface area contributed by atoms with E-state index in [1.165, 1.54) is 0 Å². The van der Waals surface area contributed by atoms with Gasteiger partial charge in [-0.3, -0.25) is 0 Å². The number of hydrogen-bond donors (Lipinski definition) is 3. The fraction of sp³-hybridized carbons (Fsp3) is 0.231. The van der Waals surface area contributed by atoms with Gasteiger partial charge in [0.05, 0.1) is 19.3 Å². The fourth-order valence-electron chi connectivity index (χ4n) is 1.69. The molecule has 0 aliphatic rings. The van der Waals surface area contributed by atoms with Gasteiger partial charge in [-0.1, -0.05) is 12.1 Å². The van der Waals surface area contributed by atoms with E-state index in [2.05, 4.69) is 10.3 Å². The van der Waals surface area contributed by atoms with E-state index in [4.69, 9.17) is 10.5 Å². The zero-order chi connectivity index (χ0) is 12.1. The van der Waals surface area contributed by atoms with Crippen molar-refractivity contribution >= 4 is 5.69 Å². The van der Waals surface area contributed by atoms with E-state index in [1.807, 2.05) is 36.4 Å². The number of anilines is 1. The van der Waals surface area contributed by atoms with E-state index < -0.39 is 0 Å². The van der Waals surface area contributed by atoms with Crippen molar-refractivity contribution in [2.24, 2.45) is 5.73 Å². The Bertz CT molecular complexity index is 479. The Morgan fingerprint density at radius 1 is 1.18 bits per heavy atom. The van der Waals surface area contributed by atoms with Crippen molar-refractivity contribution in [2.75, 3.05) is 12.4 Å². The Hall–Kier alpha value is -1.94. The zero-order valence-electron chi connectivity index (χ0n) is 9.86. The lowest BCUT2D eigenvalue weighted by atomic mass is 10.3. The largest absolute Gasteiger partial charge is 0.495 e. The molecule has 0 amide bonds. The zero-order valence-corrected chi connectivity index (χ0v) is 9.86. The average molecular weight is 231 g/mol. The van der Waals surface area contributed by atoms with Crippen LogP contribution in [-0.4, -0.2) is 12.1 Å². The van der Waals surface area contributed by atoms with Crippen molar-refractivity contribution in [1.29, 1.82) is 0 Å². The van der Waals surface area contributed by atoms with E-state index in [9.17, 15) is 0 Å². The quantitative estimate of drug-likeness (QED) is 0.738. The Morgan fingerprint density at radius 3 is 2.65 bits per heavy atom. The average Bonchev–Trinajstić information content (AvgIpc) is 2.84. The number of para-hydroxylation sites is 2. The maximum absolute atomic E-state index is 5.54. The van der Waals surface area contributed by atoms with Gasteiger partial charge in [-0.25, -0.2) is 0 Å². The highest BCUT2D eigenvalue weighted by Crippen LogP contribution is 2.23. The van der Waals surface area contributed by atoms with Crippen LogP contribution in [0, 0.1) is 0 Å². The van der Waals surface area contributed by atoms with Crippen LogP contribution >= 0.6 is 0 Å². The van der Waals surface area contributed by atoms with Crippen LogP contribution in [0.1, 0.15) is 11.4 Å². The first-order valence-corrected chi connectivity index (χ1v) is 5.57. The normalized spacial score (nSPS) is 10.2. The van der Waals surface area contributed by atoms with E-state index in [1.54, 1.807) is 7.11 Å². The third-order valence-corrected chi connectivity index (χ3v) is 2.60. The molecule has 0 aliphatic carbocycles. The topological polar surface area (TPSA) is 63.1 Å². The Balaban J connectivity index is 2.01. The maximum atomic E-state index is 5.54. The molecule has 0 aliphatic heterocycles. The molecule has 90 valence electrons. The highest BCUT2D eigenvalue weighted by atomic mass is 16.5. The lowest BCUT2D eigenvalue weighted by molar-refractivity contribution is 0.416. The molecule has 2 rings (SSSR count). The number of benzene rings is 1. The van der Waals surface area contributed by atoms with Crippen molar-refractivity contribution in [3.05, 3.63) is 47.8 Å². The van der Waals surface area contributed by atoms with Gasteiger partial charge in [-0.2, -0.15) is 0 Å². The Labute approximate surface area is 101 Å². The molecule has 17 heavy (non-hydrogen) atoms. The summed E-state index contributed by atoms with van der Waals surface area (Å²) in [5.74, 6) is 0.845. The lowest BCUT2D eigenvalue weighted by Gasteiger charge is -2.09. The van der Waals surface area contributed by atoms with E-state index in [-0.39, 0.29) is 0 Å². The second-order valence-electron chi connectivity index (χ2n) is 3.77. The molecule has 0 spiro atoms. The maximum Gasteiger partial charge on any atom is 0.141 e. The molecule has 0 fully saturated rings. The van der Waals surface area contributed by atoms with Gasteiger partial charge in [-0.15, -0.1) is 0 Å². The number of aromatic nitrogens is 1. The standard InChI is InChI=1S/C13H17N3O/c1-17-13-5-3-2-4-12(13)15-9-11-7-6-10(8-14)16-11/h2-7,15-16H,8-9,14H2,1H3. The molecular weight excluding hydrogens is 214 g/mol. The highest BCUT2D eigenvalue weighted by molar-refractivity contribution is 5.56. The molecule has 4 heteroatoms. The molecule has 1 aromatic heterocycles. The first-order chi connectivity index (χ1) is 8.33. The van der Waals surface area contributed by atoms with Crippen LogP contribution in [0.5, 0.6) is 5.75 Å². The number of nitrogens with two attached hydrogens (primary N) is 1. The van der Waals surface area contributed by atoms with Gasteiger partial charge >= 0.3 is 0 Å². The lowest BCUT2D eigenvalue weighted by Crippen LogP contribution is -2.02. The minimum atomic E-state index is 0.536. The van der Waals surface area contributed by atoms with Crippen LogP contribution in [0.4, 0.5) is 5.69 Å². The second kappa shape index (κ2) is 5.41. The van der Waals surface area contributed by atoms with Crippen molar-refractivity contribution in [3.63, 3.8) is 0 Å². The molecule has 4 nitrogen and oxygen atoms in total. The van der Waals surface area contributed by atoms with Crippen LogP contribution < -0.4 is 15.8 Å². The fourth-order valence-corrected chi connectivity index (χ4v) is 1.69. The van der Waals surface area contributed by atoms with Gasteiger partial charge in [0.15, 0.2) is 0 Å². The number of ether oxygens (including phenoxy) is 1. The van der Waals surface area contributed by atoms with Gasteiger partial charge in [0.25, 0.3) is 0 Å². The molecule has 0 saturated heterocycles. The first-order valence-electron chi connectivity index (χ1n) is 5.57. The molecule has 1 aromatic carbocycles. The van der Waals surface area contributed by atoms with Gasteiger partial charge < -0.3 is 20.8 Å². The van der Waals surface area contributed by atoms with Crippen molar-refractivity contribution in [3.8, 4) is 5.75 Å².